The van der Waals surface area contributed by atoms with Gasteiger partial charge in [-0.15, -0.1) is 0 Å². The maximum atomic E-state index is 12.8. The van der Waals surface area contributed by atoms with Crippen LogP contribution in [-0.2, 0) is 9.84 Å². The van der Waals surface area contributed by atoms with E-state index in [0.29, 0.717) is 17.7 Å². The highest BCUT2D eigenvalue weighted by Crippen LogP contribution is 2.30. The molecule has 28 heavy (non-hydrogen) atoms. The number of ether oxygens (including phenoxy) is 1. The van der Waals surface area contributed by atoms with Crippen molar-refractivity contribution in [3.05, 3.63) is 65.5 Å². The Balaban J connectivity index is 1.55. The molecule has 1 fully saturated rings. The molecule has 1 aromatic heterocycles. The molecule has 0 radical (unpaired) electrons. The van der Waals surface area contributed by atoms with Crippen LogP contribution in [0.3, 0.4) is 0 Å². The van der Waals surface area contributed by atoms with Crippen LogP contribution < -0.4 is 4.74 Å². The van der Waals surface area contributed by atoms with Crippen LogP contribution in [0.25, 0.3) is 10.8 Å². The van der Waals surface area contributed by atoms with Crippen LogP contribution in [-0.4, -0.2) is 36.9 Å². The van der Waals surface area contributed by atoms with E-state index < -0.39 is 9.84 Å². The van der Waals surface area contributed by atoms with E-state index in [1.165, 1.54) is 0 Å². The fourth-order valence-electron chi connectivity index (χ4n) is 4.14. The van der Waals surface area contributed by atoms with Crippen LogP contribution >= 0.6 is 0 Å². The van der Waals surface area contributed by atoms with E-state index in [-0.39, 0.29) is 29.9 Å². The Morgan fingerprint density at radius 3 is 2.64 bits per heavy atom. The van der Waals surface area contributed by atoms with Crippen LogP contribution in [0.4, 0.5) is 0 Å². The van der Waals surface area contributed by atoms with Crippen molar-refractivity contribution in [2.24, 2.45) is 0 Å². The summed E-state index contributed by atoms with van der Waals surface area (Å²) in [5, 5.41) is 2.03. The zero-order valence-corrected chi connectivity index (χ0v) is 16.8. The summed E-state index contributed by atoms with van der Waals surface area (Å²) < 4.78 is 31.5. The molecule has 1 atom stereocenters. The first kappa shape index (κ1) is 18.7. The van der Waals surface area contributed by atoms with E-state index in [1.54, 1.807) is 0 Å². The number of carbonyl (C=O) groups is 1. The maximum absolute atomic E-state index is 12.8. The van der Waals surface area contributed by atoms with Crippen molar-refractivity contribution in [1.82, 2.24) is 4.57 Å². The molecule has 0 saturated carbocycles. The van der Waals surface area contributed by atoms with Gasteiger partial charge < -0.3 is 9.30 Å². The van der Waals surface area contributed by atoms with Crippen LogP contribution in [0.5, 0.6) is 5.75 Å². The summed E-state index contributed by atoms with van der Waals surface area (Å²) in [5.41, 5.74) is 2.32. The first-order valence-corrected chi connectivity index (χ1v) is 11.2. The second-order valence-electron chi connectivity index (χ2n) is 7.40. The molecular formula is C22H23NO4S. The molecule has 1 aliphatic heterocycles. The number of Topliss-reactive ketones (excluding diaryl/α,β-unsaturated/α-hetero) is 1. The highest BCUT2D eigenvalue weighted by molar-refractivity contribution is 7.91. The molecule has 6 heteroatoms. The Morgan fingerprint density at radius 1 is 1.14 bits per heavy atom. The summed E-state index contributed by atoms with van der Waals surface area (Å²) in [6.07, 6.45) is 0.596. The zero-order chi connectivity index (χ0) is 19.9. The lowest BCUT2D eigenvalue weighted by Gasteiger charge is -2.16. The fourth-order valence-corrected chi connectivity index (χ4v) is 5.84. The summed E-state index contributed by atoms with van der Waals surface area (Å²) in [4.78, 5) is 12.8. The molecule has 0 aliphatic carbocycles. The fraction of sp³-hybridized carbons (Fsp3) is 0.318. The van der Waals surface area contributed by atoms with Crippen molar-refractivity contribution in [2.45, 2.75) is 26.3 Å². The molecule has 1 aliphatic rings. The number of hydrogen-bond acceptors (Lipinski definition) is 4. The molecule has 1 saturated heterocycles. The normalized spacial score (nSPS) is 18.4. The van der Waals surface area contributed by atoms with Gasteiger partial charge in [-0.25, -0.2) is 8.42 Å². The van der Waals surface area contributed by atoms with Gasteiger partial charge in [0.2, 0.25) is 5.78 Å². The highest BCUT2D eigenvalue weighted by atomic mass is 32.2. The predicted octanol–water partition coefficient (Wildman–Crippen LogP) is 3.88. The molecule has 0 amide bonds. The van der Waals surface area contributed by atoms with Crippen molar-refractivity contribution in [3.63, 3.8) is 0 Å². The van der Waals surface area contributed by atoms with Crippen LogP contribution in [0.2, 0.25) is 0 Å². The van der Waals surface area contributed by atoms with Gasteiger partial charge in [-0.3, -0.25) is 4.79 Å². The second-order valence-corrected chi connectivity index (χ2v) is 9.63. The second kappa shape index (κ2) is 7.09. The largest absolute Gasteiger partial charge is 0.485 e. The number of sulfone groups is 1. The molecule has 146 valence electrons. The van der Waals surface area contributed by atoms with Crippen molar-refractivity contribution >= 4 is 26.4 Å². The number of fused-ring (bicyclic) bond motifs is 1. The van der Waals surface area contributed by atoms with E-state index in [1.807, 2.05) is 66.9 Å². The number of aryl methyl sites for hydroxylation is 1. The zero-order valence-electron chi connectivity index (χ0n) is 16.0. The minimum Gasteiger partial charge on any atom is -0.485 e. The first-order valence-electron chi connectivity index (χ1n) is 9.38. The average Bonchev–Trinajstić information content (AvgIpc) is 3.17. The van der Waals surface area contributed by atoms with Crippen molar-refractivity contribution < 1.29 is 17.9 Å². The Bertz CT molecular complexity index is 1160. The third-order valence-electron chi connectivity index (χ3n) is 5.47. The number of aromatic nitrogens is 1. The minimum atomic E-state index is -2.99. The third-order valence-corrected chi connectivity index (χ3v) is 7.22. The lowest BCUT2D eigenvalue weighted by Crippen LogP contribution is -2.16. The van der Waals surface area contributed by atoms with Gasteiger partial charge in [0.25, 0.3) is 0 Å². The molecular weight excluding hydrogens is 374 g/mol. The Labute approximate surface area is 164 Å². The number of hydrogen-bond donors (Lipinski definition) is 0. The van der Waals surface area contributed by atoms with Gasteiger partial charge in [0.15, 0.2) is 16.4 Å². The summed E-state index contributed by atoms with van der Waals surface area (Å²) in [6.45, 7) is 3.74. The lowest BCUT2D eigenvalue weighted by molar-refractivity contribution is 0.0922. The van der Waals surface area contributed by atoms with E-state index in [0.717, 1.165) is 22.2 Å². The molecule has 0 bridgehead atoms. The monoisotopic (exact) mass is 397 g/mol. The van der Waals surface area contributed by atoms with Gasteiger partial charge in [0, 0.05) is 28.4 Å². The van der Waals surface area contributed by atoms with Gasteiger partial charge in [-0.05, 0) is 37.8 Å². The topological polar surface area (TPSA) is 65.4 Å². The highest BCUT2D eigenvalue weighted by Gasteiger charge is 2.31. The number of rotatable bonds is 5. The lowest BCUT2D eigenvalue weighted by atomic mass is 10.1. The third kappa shape index (κ3) is 3.44. The van der Waals surface area contributed by atoms with Gasteiger partial charge >= 0.3 is 0 Å². The van der Waals surface area contributed by atoms with Gasteiger partial charge in [-0.2, -0.15) is 0 Å². The summed E-state index contributed by atoms with van der Waals surface area (Å²) in [5.74, 6) is 0.932. The molecule has 3 aromatic rings. The van der Waals surface area contributed by atoms with Crippen LogP contribution in [0.15, 0.2) is 48.5 Å². The van der Waals surface area contributed by atoms with E-state index in [4.69, 9.17) is 4.74 Å². The van der Waals surface area contributed by atoms with Gasteiger partial charge in [0.1, 0.15) is 5.75 Å². The predicted molar refractivity (Wildman–Crippen MR) is 110 cm³/mol. The van der Waals surface area contributed by atoms with Gasteiger partial charge in [-0.1, -0.05) is 36.4 Å². The van der Waals surface area contributed by atoms with E-state index in [9.17, 15) is 13.2 Å². The molecule has 2 aromatic carbocycles. The van der Waals surface area contributed by atoms with Crippen molar-refractivity contribution in [1.29, 1.82) is 0 Å². The molecule has 0 N–H and O–H groups in total. The molecule has 5 nitrogen and oxygen atoms in total. The van der Waals surface area contributed by atoms with Crippen LogP contribution in [0, 0.1) is 13.8 Å². The standard InChI is InChI=1S/C22H23NO4S/c1-15-12-20(16(2)23(15)18-10-11-28(25,26)14-18)21(24)13-27-22-9-5-7-17-6-3-4-8-19(17)22/h3-9,12,18H,10-11,13-14H2,1-2H3. The smallest absolute Gasteiger partial charge is 0.202 e. The molecule has 4 rings (SSSR count). The molecule has 2 heterocycles. The van der Waals surface area contributed by atoms with Crippen molar-refractivity contribution in [3.8, 4) is 5.75 Å². The molecule has 0 spiro atoms. The maximum Gasteiger partial charge on any atom is 0.202 e. The van der Waals surface area contributed by atoms with Crippen molar-refractivity contribution in [2.75, 3.05) is 18.1 Å². The summed E-state index contributed by atoms with van der Waals surface area (Å²) >= 11 is 0. The average molecular weight is 397 g/mol. The number of carbonyl (C=O) groups excluding carboxylic acids is 1. The van der Waals surface area contributed by atoms with Gasteiger partial charge in [0.05, 0.1) is 11.5 Å². The minimum absolute atomic E-state index is 0.0543. The Morgan fingerprint density at radius 2 is 1.89 bits per heavy atom. The first-order chi connectivity index (χ1) is 13.4. The SMILES string of the molecule is Cc1cc(C(=O)COc2cccc3ccccc23)c(C)n1C1CCS(=O)(=O)C1. The number of benzene rings is 2. The number of ketones is 1. The van der Waals surface area contributed by atoms with Crippen LogP contribution in [0.1, 0.15) is 34.2 Å². The molecule has 1 unspecified atom stereocenters. The van der Waals surface area contributed by atoms with E-state index in [2.05, 4.69) is 0 Å². The summed E-state index contributed by atoms with van der Waals surface area (Å²) in [6, 6.07) is 15.4. The van der Waals surface area contributed by atoms with E-state index >= 15 is 0 Å². The Kier molecular flexibility index (Phi) is 4.75. The quantitative estimate of drug-likeness (QED) is 0.613. The summed E-state index contributed by atoms with van der Waals surface area (Å²) in [7, 11) is -2.99. The number of nitrogens with zero attached hydrogens (tertiary/aromatic N) is 1. The Hall–Kier alpha value is -2.60.